The van der Waals surface area contributed by atoms with Gasteiger partial charge in [-0.3, -0.25) is 0 Å². The fraction of sp³-hybridized carbons (Fsp3) is 1.00. The van der Waals surface area contributed by atoms with Gasteiger partial charge >= 0.3 is 0 Å². The van der Waals surface area contributed by atoms with Crippen molar-refractivity contribution >= 4 is 12.4 Å². The molecule has 0 aromatic heterocycles. The van der Waals surface area contributed by atoms with Crippen LogP contribution in [0.15, 0.2) is 0 Å². The minimum absolute atomic E-state index is 0. The predicted octanol–water partition coefficient (Wildman–Crippen LogP) is 0.914. The van der Waals surface area contributed by atoms with Crippen LogP contribution < -0.4 is 5.48 Å². The molecule has 1 heterocycles. The van der Waals surface area contributed by atoms with Crippen LogP contribution in [-0.2, 0) is 4.74 Å². The molecule has 1 fully saturated rings. The molecule has 1 rings (SSSR count). The van der Waals surface area contributed by atoms with Gasteiger partial charge in [-0.1, -0.05) is 0 Å². The van der Waals surface area contributed by atoms with Crippen LogP contribution >= 0.6 is 12.4 Å². The molecule has 1 unspecified atom stereocenters. The van der Waals surface area contributed by atoms with Gasteiger partial charge in [0.05, 0.1) is 0 Å². The SMILES string of the molecule is Cl.ONC1CCCCO1. The number of nitrogens with one attached hydrogen (secondary N) is 1. The number of hydrogen-bond donors (Lipinski definition) is 2. The van der Waals surface area contributed by atoms with Crippen molar-refractivity contribution in [3.8, 4) is 0 Å². The van der Waals surface area contributed by atoms with Crippen molar-refractivity contribution in [2.75, 3.05) is 6.61 Å². The van der Waals surface area contributed by atoms with Gasteiger partial charge in [0.25, 0.3) is 0 Å². The largest absolute Gasteiger partial charge is 0.361 e. The van der Waals surface area contributed by atoms with Crippen molar-refractivity contribution in [3.63, 3.8) is 0 Å². The first kappa shape index (κ1) is 9.17. The minimum Gasteiger partial charge on any atom is -0.361 e. The quantitative estimate of drug-likeness (QED) is 0.551. The zero-order chi connectivity index (χ0) is 5.82. The zero-order valence-corrected chi connectivity index (χ0v) is 5.99. The van der Waals surface area contributed by atoms with Crippen molar-refractivity contribution in [1.29, 1.82) is 0 Å². The molecule has 4 heteroatoms. The molecule has 1 atom stereocenters. The predicted molar refractivity (Wildman–Crippen MR) is 35.8 cm³/mol. The van der Waals surface area contributed by atoms with Crippen LogP contribution in [0.5, 0.6) is 0 Å². The van der Waals surface area contributed by atoms with Crippen LogP contribution in [0.2, 0.25) is 0 Å². The van der Waals surface area contributed by atoms with E-state index in [1.165, 1.54) is 0 Å². The first-order valence-electron chi connectivity index (χ1n) is 2.94. The molecular formula is C5H12ClNO2. The molecule has 1 saturated heterocycles. The Morgan fingerprint density at radius 2 is 2.22 bits per heavy atom. The third kappa shape index (κ3) is 3.01. The van der Waals surface area contributed by atoms with Crippen molar-refractivity contribution in [2.24, 2.45) is 0 Å². The van der Waals surface area contributed by atoms with E-state index in [2.05, 4.69) is 5.48 Å². The molecule has 56 valence electrons. The number of ether oxygens (including phenoxy) is 1. The van der Waals surface area contributed by atoms with Crippen LogP contribution in [0.3, 0.4) is 0 Å². The lowest BCUT2D eigenvalue weighted by Gasteiger charge is -2.20. The van der Waals surface area contributed by atoms with E-state index in [9.17, 15) is 0 Å². The maximum atomic E-state index is 8.32. The Morgan fingerprint density at radius 3 is 2.56 bits per heavy atom. The summed E-state index contributed by atoms with van der Waals surface area (Å²) >= 11 is 0. The lowest BCUT2D eigenvalue weighted by atomic mass is 10.2. The lowest BCUT2D eigenvalue weighted by molar-refractivity contribution is -0.0753. The highest BCUT2D eigenvalue weighted by molar-refractivity contribution is 5.85. The Hall–Kier alpha value is 0.170. The number of hydroxylamine groups is 1. The van der Waals surface area contributed by atoms with Crippen LogP contribution in [0.25, 0.3) is 0 Å². The monoisotopic (exact) mass is 153 g/mol. The summed E-state index contributed by atoms with van der Waals surface area (Å²) in [6, 6.07) is 0. The summed E-state index contributed by atoms with van der Waals surface area (Å²) in [5.74, 6) is 0. The van der Waals surface area contributed by atoms with Crippen LogP contribution in [0.1, 0.15) is 19.3 Å². The van der Waals surface area contributed by atoms with Crippen molar-refractivity contribution in [2.45, 2.75) is 25.5 Å². The zero-order valence-electron chi connectivity index (χ0n) is 5.17. The Morgan fingerprint density at radius 1 is 1.44 bits per heavy atom. The van der Waals surface area contributed by atoms with E-state index in [0.717, 1.165) is 25.9 Å². The highest BCUT2D eigenvalue weighted by Crippen LogP contribution is 2.08. The second-order valence-corrected chi connectivity index (χ2v) is 1.98. The first-order valence-corrected chi connectivity index (χ1v) is 2.94. The van der Waals surface area contributed by atoms with Gasteiger partial charge in [-0.05, 0) is 19.3 Å². The van der Waals surface area contributed by atoms with E-state index in [1.807, 2.05) is 0 Å². The van der Waals surface area contributed by atoms with E-state index >= 15 is 0 Å². The third-order valence-electron chi connectivity index (χ3n) is 1.32. The molecular weight excluding hydrogens is 142 g/mol. The Balaban J connectivity index is 0.000000640. The van der Waals surface area contributed by atoms with Gasteiger partial charge in [0, 0.05) is 6.61 Å². The molecule has 3 nitrogen and oxygen atoms in total. The summed E-state index contributed by atoms with van der Waals surface area (Å²) < 4.78 is 5.07. The number of halogens is 1. The van der Waals surface area contributed by atoms with Crippen LogP contribution in [-0.4, -0.2) is 18.0 Å². The molecule has 0 aromatic rings. The molecule has 2 N–H and O–H groups in total. The summed E-state index contributed by atoms with van der Waals surface area (Å²) in [6.45, 7) is 0.776. The summed E-state index contributed by atoms with van der Waals surface area (Å²) in [6.07, 6.45) is 3.09. The van der Waals surface area contributed by atoms with Gasteiger partial charge < -0.3 is 9.94 Å². The van der Waals surface area contributed by atoms with Gasteiger partial charge in [0.1, 0.15) is 6.23 Å². The average molecular weight is 154 g/mol. The highest BCUT2D eigenvalue weighted by atomic mass is 35.5. The molecule has 1 aliphatic heterocycles. The minimum atomic E-state index is -0.108. The molecule has 9 heavy (non-hydrogen) atoms. The molecule has 0 aromatic carbocycles. The van der Waals surface area contributed by atoms with Crippen LogP contribution in [0, 0.1) is 0 Å². The second kappa shape index (κ2) is 4.99. The molecule has 0 spiro atoms. The summed E-state index contributed by atoms with van der Waals surface area (Å²) in [5.41, 5.74) is 2.08. The summed E-state index contributed by atoms with van der Waals surface area (Å²) in [4.78, 5) is 0. The molecule has 0 bridgehead atoms. The Bertz CT molecular complexity index is 66.0. The third-order valence-corrected chi connectivity index (χ3v) is 1.32. The van der Waals surface area contributed by atoms with Gasteiger partial charge in [0.2, 0.25) is 0 Å². The lowest BCUT2D eigenvalue weighted by Crippen LogP contribution is -2.31. The average Bonchev–Trinajstić information content (AvgIpc) is 1.90. The second-order valence-electron chi connectivity index (χ2n) is 1.98. The van der Waals surface area contributed by atoms with E-state index in [1.54, 1.807) is 0 Å². The van der Waals surface area contributed by atoms with Gasteiger partial charge in [-0.2, -0.15) is 5.48 Å². The van der Waals surface area contributed by atoms with Crippen molar-refractivity contribution in [3.05, 3.63) is 0 Å². The van der Waals surface area contributed by atoms with E-state index in [-0.39, 0.29) is 18.6 Å². The van der Waals surface area contributed by atoms with E-state index < -0.39 is 0 Å². The first-order chi connectivity index (χ1) is 3.93. The van der Waals surface area contributed by atoms with Crippen LogP contribution in [0.4, 0.5) is 0 Å². The highest BCUT2D eigenvalue weighted by Gasteiger charge is 2.10. The summed E-state index contributed by atoms with van der Waals surface area (Å²) in [5, 5.41) is 8.32. The summed E-state index contributed by atoms with van der Waals surface area (Å²) in [7, 11) is 0. The molecule has 0 saturated carbocycles. The van der Waals surface area contributed by atoms with E-state index in [4.69, 9.17) is 9.94 Å². The molecule has 1 aliphatic rings. The van der Waals surface area contributed by atoms with Gasteiger partial charge in [0.15, 0.2) is 0 Å². The Labute approximate surface area is 60.8 Å². The van der Waals surface area contributed by atoms with Gasteiger partial charge in [-0.25, -0.2) is 0 Å². The maximum absolute atomic E-state index is 8.32. The molecule has 0 radical (unpaired) electrons. The fourth-order valence-electron chi connectivity index (χ4n) is 0.843. The van der Waals surface area contributed by atoms with Gasteiger partial charge in [-0.15, -0.1) is 12.4 Å². The Kier molecular flexibility index (Phi) is 5.09. The normalized spacial score (nSPS) is 27.0. The standard InChI is InChI=1S/C5H11NO2.ClH/c7-6-5-3-1-2-4-8-5;/h5-7H,1-4H2;1H. The smallest absolute Gasteiger partial charge is 0.130 e. The maximum Gasteiger partial charge on any atom is 0.130 e. The molecule has 0 amide bonds. The van der Waals surface area contributed by atoms with Crippen molar-refractivity contribution in [1.82, 2.24) is 5.48 Å². The van der Waals surface area contributed by atoms with Crippen molar-refractivity contribution < 1.29 is 9.94 Å². The topological polar surface area (TPSA) is 41.5 Å². The fourth-order valence-corrected chi connectivity index (χ4v) is 0.843. The number of hydrogen-bond acceptors (Lipinski definition) is 3. The number of rotatable bonds is 1. The molecule has 0 aliphatic carbocycles. The van der Waals surface area contributed by atoms with E-state index in [0.29, 0.717) is 0 Å².